The maximum absolute atomic E-state index is 10.7. The predicted molar refractivity (Wildman–Crippen MR) is 65.0 cm³/mol. The molecule has 1 saturated heterocycles. The lowest BCUT2D eigenvalue weighted by atomic mass is 10.1. The van der Waals surface area contributed by atoms with E-state index in [0.717, 1.165) is 30.1 Å². The molecule has 1 fully saturated rings. The van der Waals surface area contributed by atoms with Crippen molar-refractivity contribution in [2.75, 3.05) is 11.4 Å². The zero-order chi connectivity index (χ0) is 11.7. The summed E-state index contributed by atoms with van der Waals surface area (Å²) in [5.74, 6) is 1.75. The van der Waals surface area contributed by atoms with Gasteiger partial charge in [-0.2, -0.15) is 0 Å². The molecule has 2 atom stereocenters. The summed E-state index contributed by atoms with van der Waals surface area (Å²) in [6.07, 6.45) is 3.72. The average Bonchev–Trinajstić information content (AvgIpc) is 2.57. The van der Waals surface area contributed by atoms with Crippen molar-refractivity contribution in [2.45, 2.75) is 33.2 Å². The summed E-state index contributed by atoms with van der Waals surface area (Å²) in [5, 5.41) is 0. The molecule has 2 unspecified atom stereocenters. The molecule has 2 heterocycles. The molecule has 3 heteroatoms. The van der Waals surface area contributed by atoms with Gasteiger partial charge in [0.15, 0.2) is 6.29 Å². The van der Waals surface area contributed by atoms with Gasteiger partial charge in [0.25, 0.3) is 0 Å². The van der Waals surface area contributed by atoms with E-state index < -0.39 is 0 Å². The van der Waals surface area contributed by atoms with Crippen molar-refractivity contribution in [3.05, 3.63) is 23.4 Å². The minimum Gasteiger partial charge on any atom is -0.353 e. The van der Waals surface area contributed by atoms with E-state index in [-0.39, 0.29) is 0 Å². The number of aldehydes is 1. The first kappa shape index (κ1) is 11.1. The molecule has 0 saturated carbocycles. The standard InChI is InChI=1S/C13H18N2O/c1-9-4-11(3)15(7-9)13-10(2)5-12(8-16)6-14-13/h5-6,8-9,11H,4,7H2,1-3H3. The highest BCUT2D eigenvalue weighted by Gasteiger charge is 2.27. The van der Waals surface area contributed by atoms with Gasteiger partial charge < -0.3 is 4.90 Å². The minimum absolute atomic E-state index is 0.545. The molecule has 2 rings (SSSR count). The van der Waals surface area contributed by atoms with Gasteiger partial charge in [-0.25, -0.2) is 4.98 Å². The van der Waals surface area contributed by atoms with E-state index in [1.54, 1.807) is 6.20 Å². The first-order valence-corrected chi connectivity index (χ1v) is 5.80. The number of anilines is 1. The van der Waals surface area contributed by atoms with Crippen molar-refractivity contribution in [1.29, 1.82) is 0 Å². The van der Waals surface area contributed by atoms with Gasteiger partial charge in [0.1, 0.15) is 5.82 Å². The fourth-order valence-electron chi connectivity index (χ4n) is 2.55. The van der Waals surface area contributed by atoms with Crippen molar-refractivity contribution >= 4 is 12.1 Å². The molecular formula is C13H18N2O. The Kier molecular flexibility index (Phi) is 2.95. The van der Waals surface area contributed by atoms with Crippen molar-refractivity contribution < 1.29 is 4.79 Å². The second kappa shape index (κ2) is 4.24. The van der Waals surface area contributed by atoms with Crippen molar-refractivity contribution in [3.8, 4) is 0 Å². The van der Waals surface area contributed by atoms with Gasteiger partial charge in [-0.05, 0) is 37.8 Å². The summed E-state index contributed by atoms with van der Waals surface area (Å²) >= 11 is 0. The summed E-state index contributed by atoms with van der Waals surface area (Å²) in [4.78, 5) is 17.4. The molecule has 0 bridgehead atoms. The van der Waals surface area contributed by atoms with E-state index in [9.17, 15) is 4.79 Å². The Hall–Kier alpha value is -1.38. The van der Waals surface area contributed by atoms with E-state index in [4.69, 9.17) is 0 Å². The molecule has 0 amide bonds. The van der Waals surface area contributed by atoms with Crippen LogP contribution in [0, 0.1) is 12.8 Å². The van der Waals surface area contributed by atoms with E-state index in [0.29, 0.717) is 11.6 Å². The van der Waals surface area contributed by atoms with Crippen LogP contribution in [0.2, 0.25) is 0 Å². The predicted octanol–water partition coefficient (Wildman–Crippen LogP) is 2.44. The second-order valence-corrected chi connectivity index (χ2v) is 4.87. The number of aryl methyl sites for hydroxylation is 1. The summed E-state index contributed by atoms with van der Waals surface area (Å²) in [7, 11) is 0. The van der Waals surface area contributed by atoms with Gasteiger partial charge in [0.05, 0.1) is 0 Å². The van der Waals surface area contributed by atoms with Crippen LogP contribution >= 0.6 is 0 Å². The first-order valence-electron chi connectivity index (χ1n) is 5.80. The lowest BCUT2D eigenvalue weighted by molar-refractivity contribution is 0.112. The number of rotatable bonds is 2. The highest BCUT2D eigenvalue weighted by molar-refractivity contribution is 5.75. The number of hydrogen-bond acceptors (Lipinski definition) is 3. The van der Waals surface area contributed by atoms with Gasteiger partial charge in [-0.1, -0.05) is 6.92 Å². The molecule has 3 nitrogen and oxygen atoms in total. The van der Waals surface area contributed by atoms with Crippen molar-refractivity contribution in [3.63, 3.8) is 0 Å². The van der Waals surface area contributed by atoms with Crippen LogP contribution in [0.3, 0.4) is 0 Å². The number of aromatic nitrogens is 1. The minimum atomic E-state index is 0.545. The molecule has 1 aliphatic heterocycles. The summed E-state index contributed by atoms with van der Waals surface area (Å²) in [6.45, 7) is 7.59. The topological polar surface area (TPSA) is 33.2 Å². The number of nitrogens with zero attached hydrogens (tertiary/aromatic N) is 2. The Morgan fingerprint density at radius 2 is 2.25 bits per heavy atom. The zero-order valence-corrected chi connectivity index (χ0v) is 10.1. The Morgan fingerprint density at radius 1 is 1.50 bits per heavy atom. The Balaban J connectivity index is 2.30. The third kappa shape index (κ3) is 1.94. The lowest BCUT2D eigenvalue weighted by Crippen LogP contribution is -2.28. The molecule has 0 aromatic carbocycles. The van der Waals surface area contributed by atoms with Crippen LogP contribution in [0.1, 0.15) is 36.2 Å². The van der Waals surface area contributed by atoms with Crippen LogP contribution in [-0.4, -0.2) is 23.9 Å². The van der Waals surface area contributed by atoms with Crippen LogP contribution < -0.4 is 4.90 Å². The average molecular weight is 218 g/mol. The van der Waals surface area contributed by atoms with Crippen LogP contribution in [0.25, 0.3) is 0 Å². The third-order valence-electron chi connectivity index (χ3n) is 3.26. The quantitative estimate of drug-likeness (QED) is 0.715. The highest BCUT2D eigenvalue weighted by Crippen LogP contribution is 2.29. The van der Waals surface area contributed by atoms with Gasteiger partial charge in [-0.3, -0.25) is 4.79 Å². The molecule has 1 aromatic heterocycles. The molecule has 16 heavy (non-hydrogen) atoms. The van der Waals surface area contributed by atoms with E-state index >= 15 is 0 Å². The maximum Gasteiger partial charge on any atom is 0.151 e. The summed E-state index contributed by atoms with van der Waals surface area (Å²) < 4.78 is 0. The second-order valence-electron chi connectivity index (χ2n) is 4.87. The molecule has 1 aromatic rings. The van der Waals surface area contributed by atoms with Gasteiger partial charge in [0, 0.05) is 24.3 Å². The first-order chi connectivity index (χ1) is 7.61. The van der Waals surface area contributed by atoms with Crippen molar-refractivity contribution in [1.82, 2.24) is 4.98 Å². The van der Waals surface area contributed by atoms with Crippen LogP contribution in [0.5, 0.6) is 0 Å². The fraction of sp³-hybridized carbons (Fsp3) is 0.538. The van der Waals surface area contributed by atoms with Crippen LogP contribution in [0.15, 0.2) is 12.3 Å². The summed E-state index contributed by atoms with van der Waals surface area (Å²) in [5.41, 5.74) is 1.74. The van der Waals surface area contributed by atoms with Crippen LogP contribution in [-0.2, 0) is 0 Å². The van der Waals surface area contributed by atoms with Gasteiger partial charge in [0.2, 0.25) is 0 Å². The van der Waals surface area contributed by atoms with E-state index in [1.165, 1.54) is 6.42 Å². The molecule has 1 aliphatic rings. The molecule has 0 aliphatic carbocycles. The molecule has 0 spiro atoms. The maximum atomic E-state index is 10.7. The van der Waals surface area contributed by atoms with Crippen LogP contribution in [0.4, 0.5) is 5.82 Å². The molecule has 0 N–H and O–H groups in total. The van der Waals surface area contributed by atoms with E-state index in [1.807, 2.05) is 13.0 Å². The van der Waals surface area contributed by atoms with E-state index in [2.05, 4.69) is 23.7 Å². The SMILES string of the molecule is Cc1cc(C=O)cnc1N1CC(C)CC1C. The Morgan fingerprint density at radius 3 is 2.75 bits per heavy atom. The van der Waals surface area contributed by atoms with Crippen molar-refractivity contribution in [2.24, 2.45) is 5.92 Å². The number of carbonyl (C=O) groups excluding carboxylic acids is 1. The largest absolute Gasteiger partial charge is 0.353 e. The molecule has 86 valence electrons. The number of hydrogen-bond donors (Lipinski definition) is 0. The highest BCUT2D eigenvalue weighted by atomic mass is 16.1. The van der Waals surface area contributed by atoms with Gasteiger partial charge >= 0.3 is 0 Å². The summed E-state index contributed by atoms with van der Waals surface area (Å²) in [6, 6.07) is 2.45. The molecule has 0 radical (unpaired) electrons. The Bertz CT molecular complexity index is 403. The number of pyridine rings is 1. The number of carbonyl (C=O) groups is 1. The zero-order valence-electron chi connectivity index (χ0n) is 10.1. The monoisotopic (exact) mass is 218 g/mol. The smallest absolute Gasteiger partial charge is 0.151 e. The normalized spacial score (nSPS) is 24.8. The molecular weight excluding hydrogens is 200 g/mol. The Labute approximate surface area is 96.5 Å². The lowest BCUT2D eigenvalue weighted by Gasteiger charge is -2.24. The fourth-order valence-corrected chi connectivity index (χ4v) is 2.55. The van der Waals surface area contributed by atoms with Gasteiger partial charge in [-0.15, -0.1) is 0 Å². The third-order valence-corrected chi connectivity index (χ3v) is 3.26.